The zero-order valence-corrected chi connectivity index (χ0v) is 17.3. The number of amides is 1. The van der Waals surface area contributed by atoms with E-state index in [4.69, 9.17) is 9.47 Å². The first-order chi connectivity index (χ1) is 13.5. The van der Waals surface area contributed by atoms with E-state index in [0.717, 1.165) is 22.8 Å². The van der Waals surface area contributed by atoms with Crippen molar-refractivity contribution in [3.05, 3.63) is 29.3 Å². The second-order valence-corrected chi connectivity index (χ2v) is 8.33. The summed E-state index contributed by atoms with van der Waals surface area (Å²) in [5.41, 5.74) is 1.78. The van der Waals surface area contributed by atoms with Gasteiger partial charge in [-0.3, -0.25) is 4.79 Å². The lowest BCUT2D eigenvalue weighted by atomic mass is 10.2. The van der Waals surface area contributed by atoms with Crippen LogP contribution in [0.1, 0.15) is 19.5 Å². The van der Waals surface area contributed by atoms with Gasteiger partial charge in [0.1, 0.15) is 0 Å². The maximum atomic E-state index is 12.5. The number of thioether (sulfide) groups is 1. The summed E-state index contributed by atoms with van der Waals surface area (Å²) >= 11 is 2.78. The monoisotopic (exact) mass is 417 g/mol. The molecule has 0 unspecified atom stereocenters. The smallest absolute Gasteiger partial charge is 0.239 e. The molecule has 1 atom stereocenters. The fraction of sp³-hybridized carbons (Fsp3) is 0.333. The molecule has 0 saturated carbocycles. The molecule has 8 nitrogen and oxygen atoms in total. The van der Waals surface area contributed by atoms with E-state index in [2.05, 4.69) is 20.5 Å². The molecule has 0 saturated heterocycles. The van der Waals surface area contributed by atoms with Crippen molar-refractivity contribution in [2.75, 3.05) is 12.1 Å². The van der Waals surface area contributed by atoms with E-state index in [1.165, 1.54) is 23.1 Å². The van der Waals surface area contributed by atoms with Crippen molar-refractivity contribution in [2.45, 2.75) is 37.7 Å². The highest BCUT2D eigenvalue weighted by atomic mass is 32.2. The van der Waals surface area contributed by atoms with Crippen LogP contribution in [0.25, 0.3) is 11.4 Å². The van der Waals surface area contributed by atoms with Gasteiger partial charge in [-0.05, 0) is 39.0 Å². The first-order valence-corrected chi connectivity index (χ1v) is 10.5. The van der Waals surface area contributed by atoms with Gasteiger partial charge in [-0.15, -0.1) is 21.5 Å². The number of rotatable bonds is 6. The maximum Gasteiger partial charge on any atom is 0.239 e. The third-order valence-corrected chi connectivity index (χ3v) is 6.12. The molecule has 4 rings (SSSR count). The molecule has 2 aromatic heterocycles. The summed E-state index contributed by atoms with van der Waals surface area (Å²) < 4.78 is 12.8. The number of nitrogens with one attached hydrogen (secondary N) is 1. The van der Waals surface area contributed by atoms with Crippen molar-refractivity contribution in [2.24, 2.45) is 0 Å². The third-order valence-electron chi connectivity index (χ3n) is 4.16. The predicted octanol–water partition coefficient (Wildman–Crippen LogP) is 3.58. The van der Waals surface area contributed by atoms with Gasteiger partial charge < -0.3 is 19.4 Å². The number of aromatic nitrogens is 4. The van der Waals surface area contributed by atoms with Gasteiger partial charge >= 0.3 is 0 Å². The topological polar surface area (TPSA) is 91.2 Å². The molecule has 0 fully saturated rings. The molecule has 1 N–H and O–H groups in total. The van der Waals surface area contributed by atoms with Crippen LogP contribution in [0.5, 0.6) is 11.5 Å². The van der Waals surface area contributed by atoms with E-state index in [9.17, 15) is 4.79 Å². The second kappa shape index (κ2) is 7.80. The predicted molar refractivity (Wildman–Crippen MR) is 108 cm³/mol. The summed E-state index contributed by atoms with van der Waals surface area (Å²) in [5, 5.41) is 14.3. The molecular formula is C18H19N5O3S2. The van der Waals surface area contributed by atoms with Crippen molar-refractivity contribution >= 4 is 34.1 Å². The fourth-order valence-electron chi connectivity index (χ4n) is 2.74. The Bertz CT molecular complexity index is 1020. The zero-order chi connectivity index (χ0) is 19.7. The van der Waals surface area contributed by atoms with Crippen molar-refractivity contribution in [3.8, 4) is 22.9 Å². The first-order valence-electron chi connectivity index (χ1n) is 8.78. The Morgan fingerprint density at radius 3 is 2.93 bits per heavy atom. The SMILES string of the molecule is CCn1c(S[C@H](C)C(=O)Nc2nc(C)cs2)nnc1-c1ccc2c(c1)OCO2. The fourth-order valence-corrected chi connectivity index (χ4v) is 4.34. The Balaban J connectivity index is 1.51. The molecule has 146 valence electrons. The third kappa shape index (κ3) is 3.69. The number of nitrogens with zero attached hydrogens (tertiary/aromatic N) is 4. The van der Waals surface area contributed by atoms with Crippen LogP contribution in [0.3, 0.4) is 0 Å². The normalized spacial score (nSPS) is 13.5. The van der Waals surface area contributed by atoms with Crippen LogP contribution in [0, 0.1) is 6.92 Å². The lowest BCUT2D eigenvalue weighted by Gasteiger charge is -2.12. The Morgan fingerprint density at radius 2 is 2.18 bits per heavy atom. The molecule has 28 heavy (non-hydrogen) atoms. The van der Waals surface area contributed by atoms with Crippen LogP contribution in [-0.2, 0) is 11.3 Å². The molecule has 3 heterocycles. The highest BCUT2D eigenvalue weighted by Gasteiger charge is 2.22. The first kappa shape index (κ1) is 18.8. The standard InChI is InChI=1S/C18H19N5O3S2/c1-4-23-15(12-5-6-13-14(7-12)26-9-25-13)21-22-18(23)28-11(3)16(24)20-17-19-10(2)8-27-17/h5-8,11H,4,9H2,1-3H3,(H,19,20,24)/t11-/m1/s1. The molecule has 0 bridgehead atoms. The van der Waals surface area contributed by atoms with Crippen LogP contribution in [0.15, 0.2) is 28.7 Å². The number of anilines is 1. The van der Waals surface area contributed by atoms with Gasteiger partial charge in [-0.1, -0.05) is 11.8 Å². The number of carbonyl (C=O) groups is 1. The Morgan fingerprint density at radius 1 is 1.36 bits per heavy atom. The Labute approximate surface area is 170 Å². The highest BCUT2D eigenvalue weighted by molar-refractivity contribution is 8.00. The van der Waals surface area contributed by atoms with Gasteiger partial charge in [0.25, 0.3) is 0 Å². The van der Waals surface area contributed by atoms with E-state index in [1.807, 2.05) is 48.9 Å². The van der Waals surface area contributed by atoms with Crippen molar-refractivity contribution in [3.63, 3.8) is 0 Å². The van der Waals surface area contributed by atoms with Crippen LogP contribution in [-0.4, -0.2) is 37.7 Å². The number of thiazole rings is 1. The number of carbonyl (C=O) groups excluding carboxylic acids is 1. The number of hydrogen-bond donors (Lipinski definition) is 1. The summed E-state index contributed by atoms with van der Waals surface area (Å²) in [6.07, 6.45) is 0. The Hall–Kier alpha value is -2.59. The van der Waals surface area contributed by atoms with Crippen molar-refractivity contribution in [1.29, 1.82) is 0 Å². The van der Waals surface area contributed by atoms with Gasteiger partial charge in [0, 0.05) is 17.5 Å². The minimum atomic E-state index is -0.344. The average Bonchev–Trinajstić information content (AvgIpc) is 3.40. The number of benzene rings is 1. The van der Waals surface area contributed by atoms with Crippen LogP contribution >= 0.6 is 23.1 Å². The maximum absolute atomic E-state index is 12.5. The van der Waals surface area contributed by atoms with Gasteiger partial charge in [0.15, 0.2) is 27.6 Å². The van der Waals surface area contributed by atoms with E-state index >= 15 is 0 Å². The summed E-state index contributed by atoms with van der Waals surface area (Å²) in [4.78, 5) is 16.7. The number of aryl methyl sites for hydroxylation is 1. The molecule has 3 aromatic rings. The lowest BCUT2D eigenvalue weighted by Crippen LogP contribution is -2.22. The van der Waals surface area contributed by atoms with E-state index in [-0.39, 0.29) is 18.0 Å². The summed E-state index contributed by atoms with van der Waals surface area (Å²) in [5.74, 6) is 2.04. The van der Waals surface area contributed by atoms with Gasteiger partial charge in [-0.2, -0.15) is 0 Å². The van der Waals surface area contributed by atoms with Gasteiger partial charge in [-0.25, -0.2) is 4.98 Å². The molecule has 1 amide bonds. The van der Waals surface area contributed by atoms with Crippen LogP contribution in [0.2, 0.25) is 0 Å². The summed E-state index contributed by atoms with van der Waals surface area (Å²) in [7, 11) is 0. The lowest BCUT2D eigenvalue weighted by molar-refractivity contribution is -0.115. The molecule has 0 radical (unpaired) electrons. The zero-order valence-electron chi connectivity index (χ0n) is 15.6. The molecule has 10 heteroatoms. The van der Waals surface area contributed by atoms with E-state index < -0.39 is 0 Å². The largest absolute Gasteiger partial charge is 0.454 e. The quantitative estimate of drug-likeness (QED) is 0.613. The highest BCUT2D eigenvalue weighted by Crippen LogP contribution is 2.36. The number of fused-ring (bicyclic) bond motifs is 1. The van der Waals surface area contributed by atoms with Crippen LogP contribution in [0.4, 0.5) is 5.13 Å². The minimum Gasteiger partial charge on any atom is -0.454 e. The average molecular weight is 418 g/mol. The van der Waals surface area contributed by atoms with Crippen molar-refractivity contribution < 1.29 is 14.3 Å². The Kier molecular flexibility index (Phi) is 5.23. The number of ether oxygens (including phenoxy) is 2. The molecule has 0 spiro atoms. The van der Waals surface area contributed by atoms with Crippen LogP contribution < -0.4 is 14.8 Å². The van der Waals surface area contributed by atoms with E-state index in [1.54, 1.807) is 0 Å². The van der Waals surface area contributed by atoms with E-state index in [0.29, 0.717) is 22.6 Å². The summed E-state index contributed by atoms with van der Waals surface area (Å²) in [6.45, 7) is 6.67. The molecule has 1 aliphatic rings. The molecule has 1 aromatic carbocycles. The van der Waals surface area contributed by atoms with Gasteiger partial charge in [0.2, 0.25) is 12.7 Å². The molecule has 1 aliphatic heterocycles. The van der Waals surface area contributed by atoms with Gasteiger partial charge in [0.05, 0.1) is 10.9 Å². The number of hydrogen-bond acceptors (Lipinski definition) is 8. The molecular weight excluding hydrogens is 398 g/mol. The van der Waals surface area contributed by atoms with Crippen molar-refractivity contribution in [1.82, 2.24) is 19.7 Å². The summed E-state index contributed by atoms with van der Waals surface area (Å²) in [6, 6.07) is 5.69. The second-order valence-electron chi connectivity index (χ2n) is 6.16. The minimum absolute atomic E-state index is 0.116. The molecule has 0 aliphatic carbocycles.